The van der Waals surface area contributed by atoms with Gasteiger partial charge in [-0.25, -0.2) is 9.97 Å². The van der Waals surface area contributed by atoms with Crippen LogP contribution in [0.15, 0.2) is 30.5 Å². The highest BCUT2D eigenvalue weighted by molar-refractivity contribution is 7.80. The third-order valence-electron chi connectivity index (χ3n) is 2.91. The van der Waals surface area contributed by atoms with Crippen LogP contribution in [0.25, 0.3) is 0 Å². The molecule has 3 N–H and O–H groups in total. The highest BCUT2D eigenvalue weighted by atomic mass is 32.1. The molecule has 21 heavy (non-hydrogen) atoms. The number of anilines is 2. The average molecular weight is 302 g/mol. The molecule has 1 aliphatic heterocycles. The second-order valence-electron chi connectivity index (χ2n) is 4.47. The summed E-state index contributed by atoms with van der Waals surface area (Å²) in [5.41, 5.74) is 6.89. The van der Waals surface area contributed by atoms with Crippen LogP contribution in [-0.2, 0) is 0 Å². The molecule has 2 aromatic rings. The molecule has 2 heterocycles. The number of fused-ring (bicyclic) bond motifs is 1. The van der Waals surface area contributed by atoms with Gasteiger partial charge < -0.3 is 20.5 Å². The van der Waals surface area contributed by atoms with Crippen molar-refractivity contribution in [3.8, 4) is 11.5 Å². The fraction of sp³-hybridized carbons (Fsp3) is 0.214. The molecule has 0 spiro atoms. The number of rotatable bonds is 3. The fourth-order valence-corrected chi connectivity index (χ4v) is 2.04. The Labute approximate surface area is 127 Å². The SMILES string of the molecule is NC(=S)c1ccnc(Nc2ccc3c(c2)OCCCO3)n1. The van der Waals surface area contributed by atoms with Crippen molar-refractivity contribution >= 4 is 28.8 Å². The molecule has 0 saturated heterocycles. The zero-order valence-electron chi connectivity index (χ0n) is 11.2. The lowest BCUT2D eigenvalue weighted by Crippen LogP contribution is -2.12. The Hall–Kier alpha value is -2.41. The lowest BCUT2D eigenvalue weighted by Gasteiger charge is -2.10. The zero-order chi connectivity index (χ0) is 14.7. The molecule has 0 bridgehead atoms. The molecule has 0 amide bonds. The highest BCUT2D eigenvalue weighted by Crippen LogP contribution is 2.32. The summed E-state index contributed by atoms with van der Waals surface area (Å²) >= 11 is 4.90. The number of thiocarbonyl (C=S) groups is 1. The van der Waals surface area contributed by atoms with Crippen LogP contribution in [0.5, 0.6) is 11.5 Å². The van der Waals surface area contributed by atoms with E-state index in [1.807, 2.05) is 18.2 Å². The summed E-state index contributed by atoms with van der Waals surface area (Å²) in [4.78, 5) is 8.61. The molecule has 0 aliphatic carbocycles. The summed E-state index contributed by atoms with van der Waals surface area (Å²) in [6, 6.07) is 7.27. The molecule has 1 aromatic carbocycles. The van der Waals surface area contributed by atoms with E-state index >= 15 is 0 Å². The third-order valence-corrected chi connectivity index (χ3v) is 3.12. The lowest BCUT2D eigenvalue weighted by molar-refractivity contribution is 0.297. The van der Waals surface area contributed by atoms with Crippen molar-refractivity contribution in [2.24, 2.45) is 5.73 Å². The van der Waals surface area contributed by atoms with Gasteiger partial charge in [-0.1, -0.05) is 12.2 Å². The van der Waals surface area contributed by atoms with Crippen LogP contribution in [0.3, 0.4) is 0 Å². The maximum Gasteiger partial charge on any atom is 0.227 e. The first kappa shape index (κ1) is 13.6. The number of benzene rings is 1. The quantitative estimate of drug-likeness (QED) is 0.839. The van der Waals surface area contributed by atoms with Gasteiger partial charge in [0.2, 0.25) is 5.95 Å². The summed E-state index contributed by atoms with van der Waals surface area (Å²) < 4.78 is 11.2. The van der Waals surface area contributed by atoms with Gasteiger partial charge in [-0.05, 0) is 18.2 Å². The van der Waals surface area contributed by atoms with E-state index in [0.717, 1.165) is 17.9 Å². The predicted octanol–water partition coefficient (Wildman–Crippen LogP) is 2.02. The van der Waals surface area contributed by atoms with Crippen molar-refractivity contribution in [3.63, 3.8) is 0 Å². The molecule has 6 nitrogen and oxygen atoms in total. The molecule has 3 rings (SSSR count). The Balaban J connectivity index is 1.83. The van der Waals surface area contributed by atoms with Crippen LogP contribution in [-0.4, -0.2) is 28.2 Å². The van der Waals surface area contributed by atoms with Crippen LogP contribution in [0, 0.1) is 0 Å². The van der Waals surface area contributed by atoms with Gasteiger partial charge in [-0.2, -0.15) is 0 Å². The van der Waals surface area contributed by atoms with Crippen LogP contribution in [0.4, 0.5) is 11.6 Å². The largest absolute Gasteiger partial charge is 0.490 e. The normalized spacial score (nSPS) is 13.3. The van der Waals surface area contributed by atoms with Crippen LogP contribution >= 0.6 is 12.2 Å². The van der Waals surface area contributed by atoms with Crippen molar-refractivity contribution in [3.05, 3.63) is 36.2 Å². The first-order chi connectivity index (χ1) is 10.2. The first-order valence-electron chi connectivity index (χ1n) is 6.52. The minimum Gasteiger partial charge on any atom is -0.490 e. The Kier molecular flexibility index (Phi) is 3.83. The Morgan fingerprint density at radius 2 is 2.00 bits per heavy atom. The minimum atomic E-state index is 0.235. The number of hydrogen-bond acceptors (Lipinski definition) is 6. The molecule has 0 radical (unpaired) electrons. The molecule has 0 unspecified atom stereocenters. The zero-order valence-corrected chi connectivity index (χ0v) is 12.0. The number of hydrogen-bond donors (Lipinski definition) is 2. The molecular weight excluding hydrogens is 288 g/mol. The average Bonchev–Trinajstić information content (AvgIpc) is 2.72. The predicted molar refractivity (Wildman–Crippen MR) is 83.3 cm³/mol. The van der Waals surface area contributed by atoms with E-state index in [2.05, 4.69) is 15.3 Å². The van der Waals surface area contributed by atoms with E-state index in [0.29, 0.717) is 30.6 Å². The maximum absolute atomic E-state index is 5.64. The van der Waals surface area contributed by atoms with Crippen molar-refractivity contribution in [2.45, 2.75) is 6.42 Å². The van der Waals surface area contributed by atoms with E-state index in [1.54, 1.807) is 12.3 Å². The maximum atomic E-state index is 5.64. The van der Waals surface area contributed by atoms with E-state index < -0.39 is 0 Å². The Morgan fingerprint density at radius 3 is 2.81 bits per heavy atom. The monoisotopic (exact) mass is 302 g/mol. The minimum absolute atomic E-state index is 0.235. The summed E-state index contributed by atoms with van der Waals surface area (Å²) in [6.07, 6.45) is 2.48. The molecule has 0 fully saturated rings. The Morgan fingerprint density at radius 1 is 1.19 bits per heavy atom. The van der Waals surface area contributed by atoms with Gasteiger partial charge in [0.15, 0.2) is 11.5 Å². The van der Waals surface area contributed by atoms with Gasteiger partial charge in [0, 0.05) is 24.4 Å². The number of ether oxygens (including phenoxy) is 2. The second-order valence-corrected chi connectivity index (χ2v) is 4.91. The van der Waals surface area contributed by atoms with Gasteiger partial charge in [-0.3, -0.25) is 0 Å². The van der Waals surface area contributed by atoms with Gasteiger partial charge in [-0.15, -0.1) is 0 Å². The number of nitrogens with zero attached hydrogens (tertiary/aromatic N) is 2. The van der Waals surface area contributed by atoms with E-state index in [4.69, 9.17) is 27.4 Å². The molecule has 0 saturated carbocycles. The van der Waals surface area contributed by atoms with Gasteiger partial charge in [0.25, 0.3) is 0 Å². The third kappa shape index (κ3) is 3.19. The standard InChI is InChI=1S/C14H14N4O2S/c15-13(21)10-4-5-16-14(18-10)17-9-2-3-11-12(8-9)20-7-1-6-19-11/h2-5,8H,1,6-7H2,(H2,15,21)(H,16,17,18). The summed E-state index contributed by atoms with van der Waals surface area (Å²) in [5.74, 6) is 1.88. The summed E-state index contributed by atoms with van der Waals surface area (Å²) in [7, 11) is 0. The van der Waals surface area contributed by atoms with Crippen LogP contribution in [0.1, 0.15) is 12.1 Å². The van der Waals surface area contributed by atoms with Crippen LogP contribution < -0.4 is 20.5 Å². The molecule has 7 heteroatoms. The Bertz CT molecular complexity index is 678. The smallest absolute Gasteiger partial charge is 0.227 e. The molecular formula is C14H14N4O2S. The van der Waals surface area contributed by atoms with Crippen molar-refractivity contribution in [2.75, 3.05) is 18.5 Å². The molecule has 0 atom stereocenters. The summed E-state index contributed by atoms with van der Waals surface area (Å²) in [6.45, 7) is 1.31. The van der Waals surface area contributed by atoms with E-state index in [1.165, 1.54) is 0 Å². The van der Waals surface area contributed by atoms with Gasteiger partial charge >= 0.3 is 0 Å². The molecule has 1 aromatic heterocycles. The van der Waals surface area contributed by atoms with E-state index in [-0.39, 0.29) is 4.99 Å². The van der Waals surface area contributed by atoms with Crippen molar-refractivity contribution in [1.29, 1.82) is 0 Å². The highest BCUT2D eigenvalue weighted by Gasteiger charge is 2.11. The topological polar surface area (TPSA) is 82.3 Å². The van der Waals surface area contributed by atoms with Crippen LogP contribution in [0.2, 0.25) is 0 Å². The lowest BCUT2D eigenvalue weighted by atomic mass is 10.3. The molecule has 108 valence electrons. The number of nitrogens with one attached hydrogen (secondary N) is 1. The van der Waals surface area contributed by atoms with E-state index in [9.17, 15) is 0 Å². The first-order valence-corrected chi connectivity index (χ1v) is 6.93. The van der Waals surface area contributed by atoms with Gasteiger partial charge in [0.05, 0.1) is 13.2 Å². The second kappa shape index (κ2) is 5.92. The van der Waals surface area contributed by atoms with Crippen molar-refractivity contribution < 1.29 is 9.47 Å². The molecule has 1 aliphatic rings. The van der Waals surface area contributed by atoms with Crippen molar-refractivity contribution in [1.82, 2.24) is 9.97 Å². The number of aromatic nitrogens is 2. The number of nitrogens with two attached hydrogens (primary N) is 1. The fourth-order valence-electron chi connectivity index (χ4n) is 1.93. The van der Waals surface area contributed by atoms with Gasteiger partial charge in [0.1, 0.15) is 10.7 Å². The summed E-state index contributed by atoms with van der Waals surface area (Å²) in [5, 5.41) is 3.10.